The van der Waals surface area contributed by atoms with E-state index in [1.54, 1.807) is 6.20 Å². The van der Waals surface area contributed by atoms with Crippen LogP contribution in [0.2, 0.25) is 0 Å². The zero-order valence-electron chi connectivity index (χ0n) is 25.7. The number of carboxylic acids is 1. The fourth-order valence-corrected chi connectivity index (χ4v) is 5.10. The molecule has 3 amide bonds. The summed E-state index contributed by atoms with van der Waals surface area (Å²) in [6.07, 6.45) is 5.33. The molecule has 12 N–H and O–H groups in total. The maximum atomic E-state index is 13.8. The van der Waals surface area contributed by atoms with Crippen LogP contribution in [0.25, 0.3) is 10.9 Å². The highest BCUT2D eigenvalue weighted by atomic mass is 16.4. The first-order valence-corrected chi connectivity index (χ1v) is 15.1. The fourth-order valence-electron chi connectivity index (χ4n) is 5.10. The summed E-state index contributed by atoms with van der Waals surface area (Å²) in [5, 5.41) is 18.7. The minimum atomic E-state index is -1.27. The van der Waals surface area contributed by atoms with Crippen LogP contribution in [0.5, 0.6) is 0 Å². The van der Waals surface area contributed by atoms with E-state index in [1.807, 2.05) is 54.6 Å². The molecule has 4 aromatic rings. The number of nitrogens with two attached hydrogens (primary N) is 3. The van der Waals surface area contributed by atoms with Gasteiger partial charge >= 0.3 is 5.97 Å². The summed E-state index contributed by atoms with van der Waals surface area (Å²) in [7, 11) is 0. The van der Waals surface area contributed by atoms with Crippen molar-refractivity contribution in [1.82, 2.24) is 30.9 Å². The molecule has 248 valence electrons. The minimum absolute atomic E-state index is 0.0274. The summed E-state index contributed by atoms with van der Waals surface area (Å²) in [6.45, 7) is 0.179. The molecular formula is C32H40N10O5. The van der Waals surface area contributed by atoms with Crippen molar-refractivity contribution in [3.8, 4) is 0 Å². The van der Waals surface area contributed by atoms with Crippen molar-refractivity contribution in [2.75, 3.05) is 6.54 Å². The molecule has 0 fully saturated rings. The largest absolute Gasteiger partial charge is 0.480 e. The number of hydrogen-bond acceptors (Lipinski definition) is 7. The lowest BCUT2D eigenvalue weighted by molar-refractivity contribution is -0.142. The molecular weight excluding hydrogens is 604 g/mol. The highest BCUT2D eigenvalue weighted by Crippen LogP contribution is 2.19. The lowest BCUT2D eigenvalue weighted by Crippen LogP contribution is -2.58. The number of aliphatic carboxylic acids is 1. The van der Waals surface area contributed by atoms with E-state index < -0.39 is 47.9 Å². The number of imidazole rings is 1. The van der Waals surface area contributed by atoms with Crippen molar-refractivity contribution < 1.29 is 24.3 Å². The molecule has 15 nitrogen and oxygen atoms in total. The number of para-hydroxylation sites is 1. The minimum Gasteiger partial charge on any atom is -0.480 e. The number of aliphatic imine (C=N–C) groups is 1. The number of benzene rings is 2. The zero-order valence-corrected chi connectivity index (χ0v) is 25.7. The molecule has 2 aromatic carbocycles. The quantitative estimate of drug-likeness (QED) is 0.0419. The number of nitrogens with zero attached hydrogens (tertiary/aromatic N) is 2. The third-order valence-corrected chi connectivity index (χ3v) is 7.54. The van der Waals surface area contributed by atoms with Crippen LogP contribution >= 0.6 is 0 Å². The predicted molar refractivity (Wildman–Crippen MR) is 176 cm³/mol. The second kappa shape index (κ2) is 16.6. The van der Waals surface area contributed by atoms with E-state index in [1.165, 1.54) is 12.5 Å². The van der Waals surface area contributed by atoms with E-state index >= 15 is 0 Å². The Bertz CT molecular complexity index is 1670. The maximum absolute atomic E-state index is 13.8. The number of guanidine groups is 1. The number of carbonyl (C=O) groups is 4. The van der Waals surface area contributed by atoms with Gasteiger partial charge in [-0.1, -0.05) is 48.5 Å². The average Bonchev–Trinajstić information content (AvgIpc) is 3.72. The maximum Gasteiger partial charge on any atom is 0.326 e. The number of amides is 3. The second-order valence-corrected chi connectivity index (χ2v) is 11.1. The van der Waals surface area contributed by atoms with E-state index in [0.717, 1.165) is 22.0 Å². The molecule has 0 bridgehead atoms. The van der Waals surface area contributed by atoms with Gasteiger partial charge in [-0.3, -0.25) is 19.4 Å². The van der Waals surface area contributed by atoms with Crippen molar-refractivity contribution in [3.05, 3.63) is 90.1 Å². The molecule has 0 spiro atoms. The van der Waals surface area contributed by atoms with Crippen molar-refractivity contribution in [2.45, 2.75) is 56.3 Å². The number of aromatic amines is 2. The average molecular weight is 645 g/mol. The molecule has 2 heterocycles. The Morgan fingerprint density at radius 3 is 2.17 bits per heavy atom. The first kappa shape index (κ1) is 34.2. The van der Waals surface area contributed by atoms with Gasteiger partial charge in [0.1, 0.15) is 18.1 Å². The molecule has 0 saturated heterocycles. The van der Waals surface area contributed by atoms with Crippen molar-refractivity contribution >= 4 is 40.6 Å². The molecule has 0 radical (unpaired) electrons. The molecule has 0 saturated carbocycles. The van der Waals surface area contributed by atoms with Crippen LogP contribution < -0.4 is 33.2 Å². The van der Waals surface area contributed by atoms with Gasteiger partial charge in [0, 0.05) is 48.4 Å². The van der Waals surface area contributed by atoms with E-state index in [4.69, 9.17) is 17.2 Å². The monoisotopic (exact) mass is 644 g/mol. The number of H-pyrrole nitrogens is 2. The summed E-state index contributed by atoms with van der Waals surface area (Å²) < 4.78 is 0. The molecule has 47 heavy (non-hydrogen) atoms. The predicted octanol–water partition coefficient (Wildman–Crippen LogP) is -0.161. The number of aromatic nitrogens is 3. The second-order valence-electron chi connectivity index (χ2n) is 11.1. The van der Waals surface area contributed by atoms with E-state index in [2.05, 4.69) is 35.9 Å². The van der Waals surface area contributed by atoms with Crippen LogP contribution in [-0.2, 0) is 38.4 Å². The molecule has 0 aliphatic rings. The molecule has 0 aliphatic heterocycles. The van der Waals surface area contributed by atoms with Gasteiger partial charge in [-0.2, -0.15) is 0 Å². The molecule has 4 unspecified atom stereocenters. The van der Waals surface area contributed by atoms with Gasteiger partial charge in [-0.15, -0.1) is 0 Å². The first-order chi connectivity index (χ1) is 22.6. The van der Waals surface area contributed by atoms with Crippen LogP contribution in [0.15, 0.2) is 78.3 Å². The number of carbonyl (C=O) groups excluding carboxylic acids is 3. The van der Waals surface area contributed by atoms with Crippen LogP contribution in [0.3, 0.4) is 0 Å². The normalized spacial score (nSPS) is 13.6. The van der Waals surface area contributed by atoms with Gasteiger partial charge in [0.05, 0.1) is 12.4 Å². The Balaban J connectivity index is 1.55. The van der Waals surface area contributed by atoms with Crippen LogP contribution in [0.4, 0.5) is 0 Å². The van der Waals surface area contributed by atoms with E-state index in [0.29, 0.717) is 5.69 Å². The lowest BCUT2D eigenvalue weighted by Gasteiger charge is -2.25. The van der Waals surface area contributed by atoms with E-state index in [-0.39, 0.29) is 44.6 Å². The summed E-state index contributed by atoms with van der Waals surface area (Å²) in [6, 6.07) is 12.1. The number of fused-ring (bicyclic) bond motifs is 1. The SMILES string of the molecule is NC(N)=NCCCC(NC(=O)C(Cc1c[nH]c2ccccc12)NC(=O)C(Cc1cnc[nH]1)NC(=O)C(N)Cc1ccccc1)C(=O)O. The Labute approximate surface area is 270 Å². The van der Waals surface area contributed by atoms with Gasteiger partial charge in [-0.05, 0) is 36.5 Å². The number of rotatable bonds is 17. The van der Waals surface area contributed by atoms with Crippen LogP contribution in [-0.4, -0.2) is 80.4 Å². The van der Waals surface area contributed by atoms with E-state index in [9.17, 15) is 24.3 Å². The van der Waals surface area contributed by atoms with Gasteiger partial charge in [-0.25, -0.2) is 9.78 Å². The van der Waals surface area contributed by atoms with Crippen LogP contribution in [0.1, 0.15) is 29.7 Å². The number of nitrogens with one attached hydrogen (secondary N) is 5. The van der Waals surface area contributed by atoms with Gasteiger partial charge in [0.2, 0.25) is 17.7 Å². The topological polar surface area (TPSA) is 259 Å². The number of hydrogen-bond donors (Lipinski definition) is 9. The first-order valence-electron chi connectivity index (χ1n) is 15.1. The Hall–Kier alpha value is -5.70. The summed E-state index contributed by atoms with van der Waals surface area (Å²) in [5.74, 6) is -3.32. The summed E-state index contributed by atoms with van der Waals surface area (Å²) in [4.78, 5) is 66.7. The summed E-state index contributed by atoms with van der Waals surface area (Å²) in [5.41, 5.74) is 19.9. The molecule has 15 heteroatoms. The summed E-state index contributed by atoms with van der Waals surface area (Å²) >= 11 is 0. The molecule has 4 atom stereocenters. The van der Waals surface area contributed by atoms with Crippen LogP contribution in [0, 0.1) is 0 Å². The fraction of sp³-hybridized carbons (Fsp3) is 0.312. The Morgan fingerprint density at radius 2 is 1.49 bits per heavy atom. The van der Waals surface area contributed by atoms with Gasteiger partial charge in [0.25, 0.3) is 0 Å². The Morgan fingerprint density at radius 1 is 0.830 bits per heavy atom. The van der Waals surface area contributed by atoms with Crippen molar-refractivity contribution in [1.29, 1.82) is 0 Å². The highest BCUT2D eigenvalue weighted by molar-refractivity contribution is 5.95. The molecule has 0 aliphatic carbocycles. The zero-order chi connectivity index (χ0) is 33.8. The third-order valence-electron chi connectivity index (χ3n) is 7.54. The highest BCUT2D eigenvalue weighted by Gasteiger charge is 2.31. The van der Waals surface area contributed by atoms with Crippen molar-refractivity contribution in [3.63, 3.8) is 0 Å². The standard InChI is InChI=1S/C32H40N10O5/c33-23(13-19-7-2-1-3-8-19)28(43)41-27(15-21-17-36-18-39-21)30(45)42-26(14-20-16-38-24-10-5-4-9-22(20)24)29(44)40-25(31(46)47)11-6-12-37-32(34)35/h1-5,7-10,16-18,23,25-27,38H,6,11-15,33H2,(H,36,39)(H,40,44)(H,41,43)(H,42,45)(H,46,47)(H4,34,35,37). The lowest BCUT2D eigenvalue weighted by atomic mass is 10.0. The molecule has 4 rings (SSSR count). The van der Waals surface area contributed by atoms with Crippen molar-refractivity contribution in [2.24, 2.45) is 22.2 Å². The number of carboxylic acid groups (broad SMARTS) is 1. The van der Waals surface area contributed by atoms with Gasteiger partial charge < -0.3 is 48.2 Å². The molecule has 2 aromatic heterocycles. The van der Waals surface area contributed by atoms with Gasteiger partial charge in [0.15, 0.2) is 5.96 Å². The smallest absolute Gasteiger partial charge is 0.326 e. The Kier molecular flexibility index (Phi) is 12.0. The third kappa shape index (κ3) is 10.2.